The van der Waals surface area contributed by atoms with Crippen molar-refractivity contribution in [3.63, 3.8) is 0 Å². The maximum Gasteiger partial charge on any atom is 0.305 e. The molecule has 0 spiro atoms. The summed E-state index contributed by atoms with van der Waals surface area (Å²) in [5.74, 6) is -6.75. The molecule has 0 radical (unpaired) electrons. The van der Waals surface area contributed by atoms with Gasteiger partial charge in [0.05, 0.1) is 31.3 Å². The number of carboxylic acid groups (broad SMARTS) is 3. The highest BCUT2D eigenvalue weighted by Gasteiger charge is 2.31. The van der Waals surface area contributed by atoms with Crippen molar-refractivity contribution in [2.75, 3.05) is 0 Å². The first kappa shape index (κ1) is 25.0. The third kappa shape index (κ3) is 10.2. The van der Waals surface area contributed by atoms with Crippen LogP contribution < -0.4 is 16.0 Å². The third-order valence-electron chi connectivity index (χ3n) is 3.43. The number of Topliss-reactive ketones (excluding diaryl/α,β-unsaturated/α-hetero) is 1. The lowest BCUT2D eigenvalue weighted by Gasteiger charge is -2.24. The predicted molar refractivity (Wildman–Crippen MR) is 93.4 cm³/mol. The van der Waals surface area contributed by atoms with Gasteiger partial charge in [0.1, 0.15) is 6.04 Å². The van der Waals surface area contributed by atoms with Crippen LogP contribution in [0.2, 0.25) is 0 Å². The number of hydrogen-bond donors (Lipinski definition) is 6. The van der Waals surface area contributed by atoms with Gasteiger partial charge in [0, 0.05) is 6.04 Å². The maximum atomic E-state index is 12.3. The fourth-order valence-corrected chi connectivity index (χ4v) is 2.20. The van der Waals surface area contributed by atoms with Crippen LogP contribution in [0.15, 0.2) is 0 Å². The summed E-state index contributed by atoms with van der Waals surface area (Å²) in [5.41, 5.74) is 0. The molecule has 3 atom stereocenters. The van der Waals surface area contributed by atoms with Gasteiger partial charge >= 0.3 is 17.9 Å². The highest BCUT2D eigenvalue weighted by Crippen LogP contribution is 2.02. The van der Waals surface area contributed by atoms with E-state index >= 15 is 0 Å². The number of carboxylic acids is 3. The molecule has 12 heteroatoms. The van der Waals surface area contributed by atoms with E-state index in [0.29, 0.717) is 0 Å². The summed E-state index contributed by atoms with van der Waals surface area (Å²) in [4.78, 5) is 68.8. The smallest absolute Gasteiger partial charge is 0.305 e. The minimum atomic E-state index is -1.63. The van der Waals surface area contributed by atoms with Gasteiger partial charge in [-0.1, -0.05) is 13.8 Å². The van der Waals surface area contributed by atoms with E-state index in [1.54, 1.807) is 13.8 Å². The van der Waals surface area contributed by atoms with Crippen LogP contribution in [0.3, 0.4) is 0 Å². The number of hydrogen-bond acceptors (Lipinski definition) is 7. The van der Waals surface area contributed by atoms with Gasteiger partial charge in [0.25, 0.3) is 0 Å². The molecule has 3 unspecified atom stereocenters. The van der Waals surface area contributed by atoms with Gasteiger partial charge in [0.2, 0.25) is 11.8 Å². The lowest BCUT2D eigenvalue weighted by molar-refractivity contribution is -0.143. The SMILES string of the molecule is CC(=O)C(CC(=O)O)NC(=O)C(CC(=O)O)NC(=O)C(CC(=O)O)NC(C)C. The Morgan fingerprint density at radius 2 is 1.04 bits per heavy atom. The fourth-order valence-electron chi connectivity index (χ4n) is 2.20. The average molecular weight is 403 g/mol. The quantitative estimate of drug-likeness (QED) is 0.207. The Kier molecular flexibility index (Phi) is 10.4. The summed E-state index contributed by atoms with van der Waals surface area (Å²) >= 11 is 0. The van der Waals surface area contributed by atoms with Crippen LogP contribution in [0.4, 0.5) is 0 Å². The van der Waals surface area contributed by atoms with Gasteiger partial charge in [-0.05, 0) is 6.92 Å². The Hall–Kier alpha value is -3.02. The van der Waals surface area contributed by atoms with Crippen LogP contribution in [0.1, 0.15) is 40.0 Å². The summed E-state index contributed by atoms with van der Waals surface area (Å²) in [5, 5.41) is 33.6. The predicted octanol–water partition coefficient (Wildman–Crippen LogP) is -1.66. The first-order valence-corrected chi connectivity index (χ1v) is 8.36. The van der Waals surface area contributed by atoms with Crippen LogP contribution in [0, 0.1) is 0 Å². The molecule has 28 heavy (non-hydrogen) atoms. The standard InChI is InChI=1S/C16H25N3O9/c1-7(2)17-10(5-13(23)24)15(27)19-11(6-14(25)26)16(28)18-9(8(3)20)4-12(21)22/h7,9-11,17H,4-6H2,1-3H3,(H,18,28)(H,19,27)(H,21,22)(H,23,24)(H,25,26). The zero-order chi connectivity index (χ0) is 22.0. The number of nitrogens with one attached hydrogen (secondary N) is 3. The molecule has 0 fully saturated rings. The summed E-state index contributed by atoms with van der Waals surface area (Å²) in [6, 6.07) is -4.54. The largest absolute Gasteiger partial charge is 0.481 e. The topological polar surface area (TPSA) is 199 Å². The molecule has 158 valence electrons. The van der Waals surface area contributed by atoms with Crippen molar-refractivity contribution < 1.29 is 44.1 Å². The molecule has 0 aliphatic carbocycles. The fraction of sp³-hybridized carbons (Fsp3) is 0.625. The van der Waals surface area contributed by atoms with Crippen LogP contribution in [-0.4, -0.2) is 75.0 Å². The molecule has 0 aromatic heterocycles. The van der Waals surface area contributed by atoms with E-state index in [-0.39, 0.29) is 6.04 Å². The van der Waals surface area contributed by atoms with Gasteiger partial charge < -0.3 is 31.3 Å². The highest BCUT2D eigenvalue weighted by atomic mass is 16.4. The zero-order valence-electron chi connectivity index (χ0n) is 15.7. The van der Waals surface area contributed by atoms with Gasteiger partial charge in [-0.25, -0.2) is 0 Å². The molecular formula is C16H25N3O9. The summed E-state index contributed by atoms with van der Waals surface area (Å²) < 4.78 is 0. The van der Waals surface area contributed by atoms with E-state index < -0.39 is 72.9 Å². The molecule has 0 saturated carbocycles. The van der Waals surface area contributed by atoms with Gasteiger partial charge in [0.15, 0.2) is 5.78 Å². The summed E-state index contributed by atoms with van der Waals surface area (Å²) in [6.45, 7) is 4.37. The number of carbonyl (C=O) groups excluding carboxylic acids is 3. The van der Waals surface area contributed by atoms with Crippen molar-refractivity contribution in [1.29, 1.82) is 0 Å². The zero-order valence-corrected chi connectivity index (χ0v) is 15.7. The van der Waals surface area contributed by atoms with Crippen molar-refractivity contribution in [3.05, 3.63) is 0 Å². The van der Waals surface area contributed by atoms with Crippen molar-refractivity contribution in [1.82, 2.24) is 16.0 Å². The normalized spacial score (nSPS) is 13.9. The average Bonchev–Trinajstić information content (AvgIpc) is 2.50. The van der Waals surface area contributed by atoms with Crippen molar-refractivity contribution in [3.8, 4) is 0 Å². The molecule has 2 amide bonds. The van der Waals surface area contributed by atoms with E-state index in [4.69, 9.17) is 15.3 Å². The second-order valence-electron chi connectivity index (χ2n) is 6.40. The number of rotatable bonds is 13. The lowest BCUT2D eigenvalue weighted by atomic mass is 10.1. The summed E-state index contributed by atoms with van der Waals surface area (Å²) in [6.07, 6.45) is -2.18. The maximum absolute atomic E-state index is 12.3. The Labute approximate surface area is 160 Å². The van der Waals surface area contributed by atoms with Crippen LogP contribution in [0.25, 0.3) is 0 Å². The van der Waals surface area contributed by atoms with Gasteiger partial charge in [-0.2, -0.15) is 0 Å². The van der Waals surface area contributed by atoms with Gasteiger partial charge in [-0.15, -0.1) is 0 Å². The number of carbonyl (C=O) groups is 6. The molecule has 0 aromatic carbocycles. The molecule has 0 rings (SSSR count). The minimum absolute atomic E-state index is 0.278. The molecule has 0 aromatic rings. The van der Waals surface area contributed by atoms with Crippen molar-refractivity contribution in [2.45, 2.75) is 64.2 Å². The number of amides is 2. The molecule has 0 saturated heterocycles. The molecule has 0 heterocycles. The first-order chi connectivity index (χ1) is 12.8. The second kappa shape index (κ2) is 11.6. The number of ketones is 1. The second-order valence-corrected chi connectivity index (χ2v) is 6.40. The monoisotopic (exact) mass is 403 g/mol. The molecule has 0 aliphatic heterocycles. The molecular weight excluding hydrogens is 378 g/mol. The van der Waals surface area contributed by atoms with E-state index in [1.165, 1.54) is 0 Å². The van der Waals surface area contributed by atoms with E-state index in [0.717, 1.165) is 6.92 Å². The Balaban J connectivity index is 5.36. The highest BCUT2D eigenvalue weighted by molar-refractivity contribution is 5.96. The minimum Gasteiger partial charge on any atom is -0.481 e. The Morgan fingerprint density at radius 1 is 0.679 bits per heavy atom. The lowest BCUT2D eigenvalue weighted by Crippen LogP contribution is -2.56. The van der Waals surface area contributed by atoms with E-state index in [9.17, 15) is 28.8 Å². The molecule has 6 N–H and O–H groups in total. The first-order valence-electron chi connectivity index (χ1n) is 8.36. The molecule has 12 nitrogen and oxygen atoms in total. The van der Waals surface area contributed by atoms with Crippen molar-refractivity contribution in [2.24, 2.45) is 0 Å². The molecule has 0 aliphatic rings. The van der Waals surface area contributed by atoms with E-state index in [1.807, 2.05) is 0 Å². The summed E-state index contributed by atoms with van der Waals surface area (Å²) in [7, 11) is 0. The van der Waals surface area contributed by atoms with Crippen LogP contribution in [-0.2, 0) is 28.8 Å². The Bertz CT molecular complexity index is 633. The van der Waals surface area contributed by atoms with Crippen LogP contribution in [0.5, 0.6) is 0 Å². The van der Waals surface area contributed by atoms with Gasteiger partial charge in [-0.3, -0.25) is 28.8 Å². The molecule has 0 bridgehead atoms. The number of aliphatic carboxylic acids is 3. The van der Waals surface area contributed by atoms with Crippen molar-refractivity contribution >= 4 is 35.5 Å². The third-order valence-corrected chi connectivity index (χ3v) is 3.43. The Morgan fingerprint density at radius 3 is 1.43 bits per heavy atom. The van der Waals surface area contributed by atoms with E-state index in [2.05, 4.69) is 16.0 Å². The van der Waals surface area contributed by atoms with Crippen LogP contribution >= 0.6 is 0 Å².